The van der Waals surface area contributed by atoms with Crippen LogP contribution in [0.5, 0.6) is 5.75 Å². The molecule has 1 fully saturated rings. The Balaban J connectivity index is 1.48. The van der Waals surface area contributed by atoms with E-state index in [1.807, 2.05) is 48.5 Å². The van der Waals surface area contributed by atoms with Gasteiger partial charge in [0.25, 0.3) is 0 Å². The zero-order valence-electron chi connectivity index (χ0n) is 14.1. The highest BCUT2D eigenvalue weighted by Crippen LogP contribution is 2.31. The summed E-state index contributed by atoms with van der Waals surface area (Å²) in [4.78, 5) is 12.1. The predicted octanol–water partition coefficient (Wildman–Crippen LogP) is 3.32. The molecule has 2 aromatic rings. The van der Waals surface area contributed by atoms with Gasteiger partial charge in [-0.2, -0.15) is 0 Å². The van der Waals surface area contributed by atoms with Crippen LogP contribution in [0.15, 0.2) is 48.5 Å². The SMILES string of the molecule is NC(CNC(=O)Cc1cccc(OCc2ccc(Cl)cc2)c1)C1CC1. The normalized spacial score (nSPS) is 14.8. The van der Waals surface area contributed by atoms with E-state index < -0.39 is 0 Å². The van der Waals surface area contributed by atoms with Crippen molar-refractivity contribution < 1.29 is 9.53 Å². The maximum absolute atomic E-state index is 12.1. The predicted molar refractivity (Wildman–Crippen MR) is 99.6 cm³/mol. The fourth-order valence-electron chi connectivity index (χ4n) is 2.66. The van der Waals surface area contributed by atoms with Gasteiger partial charge in [0, 0.05) is 17.6 Å². The van der Waals surface area contributed by atoms with Gasteiger partial charge >= 0.3 is 0 Å². The first-order chi connectivity index (χ1) is 12.1. The molecule has 1 aliphatic rings. The largest absolute Gasteiger partial charge is 0.489 e. The fraction of sp³-hybridized carbons (Fsp3) is 0.350. The minimum atomic E-state index is -0.00838. The molecule has 0 saturated heterocycles. The molecule has 0 aromatic heterocycles. The van der Waals surface area contributed by atoms with E-state index in [-0.39, 0.29) is 11.9 Å². The standard InChI is InChI=1S/C20H23ClN2O2/c21-17-8-4-14(5-9-17)13-25-18-3-1-2-15(10-18)11-20(24)23-12-19(22)16-6-7-16/h1-5,8-10,16,19H,6-7,11-13,22H2,(H,23,24). The van der Waals surface area contributed by atoms with E-state index in [1.165, 1.54) is 12.8 Å². The number of rotatable bonds is 8. The van der Waals surface area contributed by atoms with Gasteiger partial charge in [-0.25, -0.2) is 0 Å². The second-order valence-electron chi connectivity index (χ2n) is 6.54. The molecule has 0 heterocycles. The van der Waals surface area contributed by atoms with Gasteiger partial charge in [-0.15, -0.1) is 0 Å². The molecule has 132 valence electrons. The summed E-state index contributed by atoms with van der Waals surface area (Å²) in [5.74, 6) is 1.32. The molecule has 1 unspecified atom stereocenters. The van der Waals surface area contributed by atoms with Crippen LogP contribution in [-0.2, 0) is 17.8 Å². The number of hydrogen-bond donors (Lipinski definition) is 2. The third-order valence-corrected chi connectivity index (χ3v) is 4.60. The maximum Gasteiger partial charge on any atom is 0.224 e. The van der Waals surface area contributed by atoms with Crippen molar-refractivity contribution in [1.82, 2.24) is 5.32 Å². The lowest BCUT2D eigenvalue weighted by Gasteiger charge is -2.12. The minimum Gasteiger partial charge on any atom is -0.489 e. The molecule has 25 heavy (non-hydrogen) atoms. The van der Waals surface area contributed by atoms with E-state index in [0.717, 1.165) is 16.9 Å². The molecular formula is C20H23ClN2O2. The van der Waals surface area contributed by atoms with E-state index in [0.29, 0.717) is 30.5 Å². The third-order valence-electron chi connectivity index (χ3n) is 4.34. The third kappa shape index (κ3) is 5.76. The number of benzene rings is 2. The van der Waals surface area contributed by atoms with Crippen molar-refractivity contribution in [1.29, 1.82) is 0 Å². The second kappa shape index (κ2) is 8.37. The number of nitrogens with one attached hydrogen (secondary N) is 1. The van der Waals surface area contributed by atoms with Crippen LogP contribution in [0.1, 0.15) is 24.0 Å². The summed E-state index contributed by atoms with van der Waals surface area (Å²) < 4.78 is 5.80. The Morgan fingerprint density at radius 1 is 1.20 bits per heavy atom. The van der Waals surface area contributed by atoms with Gasteiger partial charge in [0.1, 0.15) is 12.4 Å². The molecule has 3 N–H and O–H groups in total. The summed E-state index contributed by atoms with van der Waals surface area (Å²) in [5, 5.41) is 3.62. The lowest BCUT2D eigenvalue weighted by Crippen LogP contribution is -2.39. The van der Waals surface area contributed by atoms with Gasteiger partial charge in [0.15, 0.2) is 0 Å². The first kappa shape index (κ1) is 17.8. The average Bonchev–Trinajstić information content (AvgIpc) is 3.45. The quantitative estimate of drug-likeness (QED) is 0.760. The van der Waals surface area contributed by atoms with E-state index in [9.17, 15) is 4.79 Å². The van der Waals surface area contributed by atoms with Crippen LogP contribution < -0.4 is 15.8 Å². The number of carbonyl (C=O) groups is 1. The molecule has 0 aliphatic heterocycles. The van der Waals surface area contributed by atoms with E-state index in [4.69, 9.17) is 22.1 Å². The smallest absolute Gasteiger partial charge is 0.224 e. The van der Waals surface area contributed by atoms with E-state index >= 15 is 0 Å². The van der Waals surface area contributed by atoms with Gasteiger partial charge in [-0.1, -0.05) is 35.9 Å². The van der Waals surface area contributed by atoms with Gasteiger partial charge in [0.2, 0.25) is 5.91 Å². The lowest BCUT2D eigenvalue weighted by molar-refractivity contribution is -0.120. The summed E-state index contributed by atoms with van der Waals surface area (Å²) >= 11 is 5.88. The highest BCUT2D eigenvalue weighted by atomic mass is 35.5. The summed E-state index contributed by atoms with van der Waals surface area (Å²) in [6, 6.07) is 15.2. The maximum atomic E-state index is 12.1. The lowest BCUT2D eigenvalue weighted by atomic mass is 10.1. The Kier molecular flexibility index (Phi) is 5.95. The van der Waals surface area contributed by atoms with Crippen LogP contribution in [0, 0.1) is 5.92 Å². The van der Waals surface area contributed by atoms with Crippen molar-refractivity contribution in [2.24, 2.45) is 11.7 Å². The first-order valence-electron chi connectivity index (χ1n) is 8.58. The van der Waals surface area contributed by atoms with Crippen molar-refractivity contribution >= 4 is 17.5 Å². The van der Waals surface area contributed by atoms with Gasteiger partial charge in [-0.05, 0) is 54.2 Å². The Morgan fingerprint density at radius 3 is 2.68 bits per heavy atom. The van der Waals surface area contributed by atoms with Crippen molar-refractivity contribution in [2.75, 3.05) is 6.54 Å². The first-order valence-corrected chi connectivity index (χ1v) is 8.96. The average molecular weight is 359 g/mol. The van der Waals surface area contributed by atoms with Crippen molar-refractivity contribution in [2.45, 2.75) is 31.9 Å². The number of carbonyl (C=O) groups excluding carboxylic acids is 1. The van der Waals surface area contributed by atoms with Crippen LogP contribution in [0.3, 0.4) is 0 Å². The Hall–Kier alpha value is -2.04. The molecule has 4 nitrogen and oxygen atoms in total. The summed E-state index contributed by atoms with van der Waals surface area (Å²) in [5.41, 5.74) is 7.97. The van der Waals surface area contributed by atoms with Gasteiger partial charge in [0.05, 0.1) is 6.42 Å². The minimum absolute atomic E-state index is 0.00838. The second-order valence-corrected chi connectivity index (χ2v) is 6.98. The molecule has 1 aliphatic carbocycles. The molecule has 0 spiro atoms. The van der Waals surface area contributed by atoms with E-state index in [1.54, 1.807) is 0 Å². The number of ether oxygens (including phenoxy) is 1. The number of hydrogen-bond acceptors (Lipinski definition) is 3. The van der Waals surface area contributed by atoms with Gasteiger partial charge in [-0.3, -0.25) is 4.79 Å². The van der Waals surface area contributed by atoms with Crippen molar-refractivity contribution in [3.8, 4) is 5.75 Å². The fourth-order valence-corrected chi connectivity index (χ4v) is 2.79. The zero-order valence-corrected chi connectivity index (χ0v) is 14.8. The number of amides is 1. The summed E-state index contributed by atoms with van der Waals surface area (Å²) in [6.07, 6.45) is 2.70. The van der Waals surface area contributed by atoms with Crippen molar-refractivity contribution in [3.63, 3.8) is 0 Å². The Morgan fingerprint density at radius 2 is 1.96 bits per heavy atom. The van der Waals surface area contributed by atoms with Crippen LogP contribution in [0.25, 0.3) is 0 Å². The Bertz CT molecular complexity index is 714. The summed E-state index contributed by atoms with van der Waals surface area (Å²) in [6.45, 7) is 1.01. The molecule has 1 amide bonds. The summed E-state index contributed by atoms with van der Waals surface area (Å²) in [7, 11) is 0. The Labute approximate surface area is 153 Å². The molecule has 0 radical (unpaired) electrons. The molecule has 1 atom stereocenters. The molecule has 1 saturated carbocycles. The highest BCUT2D eigenvalue weighted by molar-refractivity contribution is 6.30. The molecule has 5 heteroatoms. The molecule has 3 rings (SSSR count). The number of halogens is 1. The van der Waals surface area contributed by atoms with Crippen LogP contribution in [0.4, 0.5) is 0 Å². The molecular weight excluding hydrogens is 336 g/mol. The topological polar surface area (TPSA) is 64.3 Å². The molecule has 0 bridgehead atoms. The van der Waals surface area contributed by atoms with Crippen LogP contribution in [0.2, 0.25) is 5.02 Å². The highest BCUT2D eigenvalue weighted by Gasteiger charge is 2.28. The molecule has 2 aromatic carbocycles. The van der Waals surface area contributed by atoms with Crippen molar-refractivity contribution in [3.05, 3.63) is 64.7 Å². The number of nitrogens with two attached hydrogens (primary N) is 1. The van der Waals surface area contributed by atoms with E-state index in [2.05, 4.69) is 5.32 Å². The van der Waals surface area contributed by atoms with Crippen LogP contribution in [-0.4, -0.2) is 18.5 Å². The zero-order chi connectivity index (χ0) is 17.6. The van der Waals surface area contributed by atoms with Gasteiger partial charge < -0.3 is 15.8 Å². The monoisotopic (exact) mass is 358 g/mol. The van der Waals surface area contributed by atoms with Crippen LogP contribution >= 0.6 is 11.6 Å².